The van der Waals surface area contributed by atoms with Crippen molar-refractivity contribution in [1.82, 2.24) is 0 Å². The molecule has 5 heteroatoms. The fourth-order valence-electron chi connectivity index (χ4n) is 1.37. The molecule has 1 rings (SSSR count). The van der Waals surface area contributed by atoms with Crippen LogP contribution in [-0.2, 0) is 4.84 Å². The Bertz CT molecular complexity index is 586. The van der Waals surface area contributed by atoms with Crippen molar-refractivity contribution in [1.29, 1.82) is 0 Å². The molecule has 1 N–H and O–H groups in total. The van der Waals surface area contributed by atoms with E-state index in [1.165, 1.54) is 24.3 Å². The summed E-state index contributed by atoms with van der Waals surface area (Å²) in [4.78, 5) is 15.8. The minimum Gasteiger partial charge on any atom is -0.478 e. The first kappa shape index (κ1) is 16.4. The van der Waals surface area contributed by atoms with Gasteiger partial charge in [-0.3, -0.25) is 0 Å². The van der Waals surface area contributed by atoms with Gasteiger partial charge in [-0.15, -0.1) is 0 Å². The molecule has 0 bridgehead atoms. The van der Waals surface area contributed by atoms with Crippen LogP contribution < -0.4 is 0 Å². The van der Waals surface area contributed by atoms with Crippen LogP contribution in [0.5, 0.6) is 0 Å². The van der Waals surface area contributed by atoms with Crippen LogP contribution in [0.1, 0.15) is 22.8 Å². The van der Waals surface area contributed by atoms with Crippen LogP contribution >= 0.6 is 0 Å². The third-order valence-electron chi connectivity index (χ3n) is 2.51. The summed E-state index contributed by atoms with van der Waals surface area (Å²) in [6, 6.07) is 6.31. The van der Waals surface area contributed by atoms with E-state index < -0.39 is 11.8 Å². The maximum Gasteiger partial charge on any atom is 0.335 e. The van der Waals surface area contributed by atoms with Gasteiger partial charge in [-0.05, 0) is 42.8 Å². The number of aromatic carboxylic acids is 1. The summed E-state index contributed by atoms with van der Waals surface area (Å²) < 4.78 is 12.7. The first-order valence-electron chi connectivity index (χ1n) is 6.19. The van der Waals surface area contributed by atoms with Crippen molar-refractivity contribution < 1.29 is 19.1 Å². The summed E-state index contributed by atoms with van der Waals surface area (Å²) in [5.41, 5.74) is 1.60. The van der Waals surface area contributed by atoms with Crippen LogP contribution in [0.25, 0.3) is 0 Å². The number of oxime groups is 1. The highest BCUT2D eigenvalue weighted by atomic mass is 19.1. The van der Waals surface area contributed by atoms with E-state index >= 15 is 0 Å². The van der Waals surface area contributed by atoms with E-state index in [0.717, 1.165) is 11.6 Å². The number of hydrogen-bond donors (Lipinski definition) is 1. The van der Waals surface area contributed by atoms with Crippen molar-refractivity contribution in [2.75, 3.05) is 6.61 Å². The van der Waals surface area contributed by atoms with Crippen molar-refractivity contribution in [3.8, 4) is 0 Å². The number of carbonyl (C=O) groups is 1. The summed E-state index contributed by atoms with van der Waals surface area (Å²) in [7, 11) is 0. The van der Waals surface area contributed by atoms with E-state index in [0.29, 0.717) is 5.71 Å². The standard InChI is InChI=1S/C16H16FNO3/c1-3-15(17)6-4-5-11-21-18-12(2)13-7-9-14(10-8-13)16(19)20/h3-10H,1,11H2,2H3,(H,19,20)/b5-4+,15-6+,18-12+. The minimum absolute atomic E-state index is 0.200. The Morgan fingerprint density at radius 3 is 2.57 bits per heavy atom. The van der Waals surface area contributed by atoms with Crippen LogP contribution in [0.15, 0.2) is 66.1 Å². The summed E-state index contributed by atoms with van der Waals surface area (Å²) in [6.45, 7) is 5.23. The average Bonchev–Trinajstić information content (AvgIpc) is 2.50. The number of carboxylic acids is 1. The Morgan fingerprint density at radius 2 is 2.00 bits per heavy atom. The molecular formula is C16H16FNO3. The molecule has 0 aromatic heterocycles. The van der Waals surface area contributed by atoms with Gasteiger partial charge in [-0.2, -0.15) is 0 Å². The van der Waals surface area contributed by atoms with Crippen molar-refractivity contribution in [2.45, 2.75) is 6.92 Å². The lowest BCUT2D eigenvalue weighted by atomic mass is 10.1. The molecule has 0 saturated heterocycles. The first-order valence-corrected chi connectivity index (χ1v) is 6.19. The van der Waals surface area contributed by atoms with Crippen molar-refractivity contribution in [3.63, 3.8) is 0 Å². The van der Waals surface area contributed by atoms with Gasteiger partial charge in [0, 0.05) is 0 Å². The quantitative estimate of drug-likeness (QED) is 0.360. The van der Waals surface area contributed by atoms with Gasteiger partial charge in [0.15, 0.2) is 0 Å². The van der Waals surface area contributed by atoms with E-state index in [4.69, 9.17) is 9.94 Å². The van der Waals surface area contributed by atoms with Crippen LogP contribution in [0, 0.1) is 0 Å². The number of halogens is 1. The molecule has 0 radical (unpaired) electrons. The van der Waals surface area contributed by atoms with Gasteiger partial charge in [0.25, 0.3) is 0 Å². The number of benzene rings is 1. The van der Waals surface area contributed by atoms with Gasteiger partial charge in [0.05, 0.1) is 11.3 Å². The summed E-state index contributed by atoms with van der Waals surface area (Å²) in [5, 5.41) is 12.7. The summed E-state index contributed by atoms with van der Waals surface area (Å²) in [5.74, 6) is -1.40. The lowest BCUT2D eigenvalue weighted by Crippen LogP contribution is -2.00. The van der Waals surface area contributed by atoms with E-state index in [-0.39, 0.29) is 12.2 Å². The normalized spacial score (nSPS) is 12.5. The van der Waals surface area contributed by atoms with E-state index in [1.54, 1.807) is 25.1 Å². The fraction of sp³-hybridized carbons (Fsp3) is 0.125. The van der Waals surface area contributed by atoms with Crippen molar-refractivity contribution in [3.05, 3.63) is 72.1 Å². The van der Waals surface area contributed by atoms with Gasteiger partial charge in [-0.1, -0.05) is 29.9 Å². The molecule has 4 nitrogen and oxygen atoms in total. The Balaban J connectivity index is 2.53. The average molecular weight is 289 g/mol. The topological polar surface area (TPSA) is 58.9 Å². The highest BCUT2D eigenvalue weighted by Crippen LogP contribution is 2.06. The Kier molecular flexibility index (Phi) is 6.60. The second-order valence-corrected chi connectivity index (χ2v) is 4.04. The maximum atomic E-state index is 12.7. The maximum absolute atomic E-state index is 12.7. The predicted molar refractivity (Wildman–Crippen MR) is 80.1 cm³/mol. The number of hydrogen-bond acceptors (Lipinski definition) is 3. The van der Waals surface area contributed by atoms with Crippen LogP contribution in [0.3, 0.4) is 0 Å². The second kappa shape index (κ2) is 8.47. The third-order valence-corrected chi connectivity index (χ3v) is 2.51. The molecule has 0 atom stereocenters. The van der Waals surface area contributed by atoms with Gasteiger partial charge in [-0.25, -0.2) is 9.18 Å². The molecule has 0 aliphatic heterocycles. The van der Waals surface area contributed by atoms with Crippen molar-refractivity contribution >= 4 is 11.7 Å². The Morgan fingerprint density at radius 1 is 1.38 bits per heavy atom. The molecule has 0 unspecified atom stereocenters. The lowest BCUT2D eigenvalue weighted by molar-refractivity contribution is 0.0697. The van der Waals surface area contributed by atoms with E-state index in [2.05, 4.69) is 11.7 Å². The highest BCUT2D eigenvalue weighted by molar-refractivity contribution is 5.99. The fourth-order valence-corrected chi connectivity index (χ4v) is 1.37. The predicted octanol–water partition coefficient (Wildman–Crippen LogP) is 3.72. The lowest BCUT2D eigenvalue weighted by Gasteiger charge is -2.01. The zero-order chi connectivity index (χ0) is 15.7. The van der Waals surface area contributed by atoms with Gasteiger partial charge >= 0.3 is 5.97 Å². The zero-order valence-electron chi connectivity index (χ0n) is 11.6. The molecule has 0 aliphatic rings. The zero-order valence-corrected chi connectivity index (χ0v) is 11.6. The molecule has 110 valence electrons. The molecule has 0 spiro atoms. The van der Waals surface area contributed by atoms with Crippen LogP contribution in [0.4, 0.5) is 4.39 Å². The Hall–Kier alpha value is -2.69. The molecule has 0 amide bonds. The molecule has 1 aromatic carbocycles. The highest BCUT2D eigenvalue weighted by Gasteiger charge is 2.03. The Labute approximate surface area is 122 Å². The third kappa shape index (κ3) is 5.86. The first-order chi connectivity index (χ1) is 10.0. The molecule has 1 aromatic rings. The summed E-state index contributed by atoms with van der Waals surface area (Å²) in [6.07, 6.45) is 5.47. The second-order valence-electron chi connectivity index (χ2n) is 4.04. The molecule has 21 heavy (non-hydrogen) atoms. The van der Waals surface area contributed by atoms with Gasteiger partial charge < -0.3 is 9.94 Å². The number of allylic oxidation sites excluding steroid dienone is 4. The van der Waals surface area contributed by atoms with Crippen LogP contribution in [-0.4, -0.2) is 23.4 Å². The van der Waals surface area contributed by atoms with Crippen LogP contribution in [0.2, 0.25) is 0 Å². The number of rotatable bonds is 7. The molecule has 0 heterocycles. The van der Waals surface area contributed by atoms with Crippen molar-refractivity contribution in [2.24, 2.45) is 5.16 Å². The monoisotopic (exact) mass is 289 g/mol. The van der Waals surface area contributed by atoms with Gasteiger partial charge in [0.2, 0.25) is 0 Å². The minimum atomic E-state index is -0.975. The van der Waals surface area contributed by atoms with E-state index in [1.807, 2.05) is 0 Å². The smallest absolute Gasteiger partial charge is 0.335 e. The SMILES string of the molecule is C=C/C(F)=C\C=C\CO/N=C(\C)c1ccc(C(=O)O)cc1. The number of carboxylic acid groups (broad SMARTS) is 1. The van der Waals surface area contributed by atoms with E-state index in [9.17, 15) is 9.18 Å². The largest absolute Gasteiger partial charge is 0.478 e. The van der Waals surface area contributed by atoms with Gasteiger partial charge in [0.1, 0.15) is 12.4 Å². The molecule has 0 saturated carbocycles. The molecule has 0 aliphatic carbocycles. The molecular weight excluding hydrogens is 273 g/mol. The molecule has 0 fully saturated rings. The summed E-state index contributed by atoms with van der Waals surface area (Å²) >= 11 is 0. The number of nitrogens with zero attached hydrogens (tertiary/aromatic N) is 1.